The van der Waals surface area contributed by atoms with Crippen LogP contribution in [0.5, 0.6) is 0 Å². The van der Waals surface area contributed by atoms with Gasteiger partial charge in [-0.25, -0.2) is 4.98 Å². The van der Waals surface area contributed by atoms with Gasteiger partial charge in [0.2, 0.25) is 0 Å². The monoisotopic (exact) mass is 459 g/mol. The Labute approximate surface area is 206 Å². The predicted molar refractivity (Wildman–Crippen MR) is 142 cm³/mol. The molecule has 0 N–H and O–H groups in total. The van der Waals surface area contributed by atoms with Crippen LogP contribution in [0, 0.1) is 22.7 Å². The van der Waals surface area contributed by atoms with Crippen LogP contribution in [0.15, 0.2) is 103 Å². The number of hydrogen-bond donors (Lipinski definition) is 0. The van der Waals surface area contributed by atoms with Gasteiger partial charge in [-0.1, -0.05) is 48.5 Å². The maximum atomic E-state index is 9.50. The summed E-state index contributed by atoms with van der Waals surface area (Å²) in [4.78, 5) is 5.26. The lowest BCUT2D eigenvalue weighted by Crippen LogP contribution is -1.97. The number of fused-ring (bicyclic) bond motifs is 6. The molecule has 0 aliphatic carbocycles. The zero-order chi connectivity index (χ0) is 24.2. The lowest BCUT2D eigenvalue weighted by molar-refractivity contribution is 1.14. The van der Waals surface area contributed by atoms with Crippen molar-refractivity contribution in [3.63, 3.8) is 0 Å². The topological polar surface area (TPSA) is 70.3 Å². The van der Waals surface area contributed by atoms with E-state index >= 15 is 0 Å². The fourth-order valence-corrected chi connectivity index (χ4v) is 5.21. The van der Waals surface area contributed by atoms with E-state index in [0.717, 1.165) is 55.2 Å². The molecule has 0 amide bonds. The number of nitrogens with zero attached hydrogens (tertiary/aromatic N) is 5. The Kier molecular flexibility index (Phi) is 4.21. The minimum absolute atomic E-state index is 0.605. The smallest absolute Gasteiger partial charge is 0.146 e. The number of nitriles is 2. The molecule has 0 radical (unpaired) electrons. The molecule has 166 valence electrons. The Balaban J connectivity index is 1.66. The van der Waals surface area contributed by atoms with E-state index in [1.54, 1.807) is 0 Å². The number of aromatic nitrogens is 3. The molecule has 3 aromatic heterocycles. The molecule has 0 fully saturated rings. The molecule has 36 heavy (non-hydrogen) atoms. The summed E-state index contributed by atoms with van der Waals surface area (Å²) in [6.45, 7) is 0. The second-order valence-corrected chi connectivity index (χ2v) is 8.76. The molecule has 0 aliphatic heterocycles. The minimum Gasteiger partial charge on any atom is -0.308 e. The van der Waals surface area contributed by atoms with Crippen molar-refractivity contribution in [3.8, 4) is 23.5 Å². The molecule has 7 rings (SSSR count). The third kappa shape index (κ3) is 2.78. The summed E-state index contributed by atoms with van der Waals surface area (Å²) in [5.41, 5.74) is 7.82. The van der Waals surface area contributed by atoms with Crippen LogP contribution >= 0.6 is 0 Å². The molecule has 0 spiro atoms. The van der Waals surface area contributed by atoms with E-state index in [1.165, 1.54) is 0 Å². The normalized spacial score (nSPS) is 11.3. The first-order valence-corrected chi connectivity index (χ1v) is 11.6. The fourth-order valence-electron chi connectivity index (χ4n) is 5.21. The van der Waals surface area contributed by atoms with Crippen LogP contribution in [0.3, 0.4) is 0 Å². The molecule has 0 bridgehead atoms. The standard InChI is InChI=1S/C31H17N5/c32-18-20-7-5-9-22(15-20)35-28-14-4-2-12-25(28)30-29(35)17-26-24-11-1-3-13-27(24)36(31(26)34-30)23-10-6-8-21(16-23)19-33/h1-17H. The maximum Gasteiger partial charge on any atom is 0.146 e. The van der Waals surface area contributed by atoms with Gasteiger partial charge in [0.05, 0.1) is 45.3 Å². The van der Waals surface area contributed by atoms with Crippen LogP contribution in [0.2, 0.25) is 0 Å². The van der Waals surface area contributed by atoms with Gasteiger partial charge in [0, 0.05) is 27.5 Å². The van der Waals surface area contributed by atoms with E-state index in [4.69, 9.17) is 4.98 Å². The summed E-state index contributed by atoms with van der Waals surface area (Å²) in [5, 5.41) is 22.2. The molecule has 0 atom stereocenters. The number of rotatable bonds is 2. The number of hydrogen-bond acceptors (Lipinski definition) is 3. The minimum atomic E-state index is 0.605. The predicted octanol–water partition coefficient (Wildman–Crippen LogP) is 7.02. The molecule has 3 heterocycles. The Morgan fingerprint density at radius 2 is 1.11 bits per heavy atom. The molecule has 0 aliphatic rings. The molecular formula is C31H17N5. The van der Waals surface area contributed by atoms with E-state index in [9.17, 15) is 10.5 Å². The Morgan fingerprint density at radius 1 is 0.528 bits per heavy atom. The van der Waals surface area contributed by atoms with Gasteiger partial charge in [0.25, 0.3) is 0 Å². The fraction of sp³-hybridized carbons (Fsp3) is 0. The van der Waals surface area contributed by atoms with Crippen LogP contribution in [0.4, 0.5) is 0 Å². The molecule has 0 saturated carbocycles. The highest BCUT2D eigenvalue weighted by Gasteiger charge is 2.19. The van der Waals surface area contributed by atoms with Crippen molar-refractivity contribution < 1.29 is 0 Å². The van der Waals surface area contributed by atoms with Gasteiger partial charge in [-0.2, -0.15) is 10.5 Å². The van der Waals surface area contributed by atoms with Crippen LogP contribution in [0.1, 0.15) is 11.1 Å². The zero-order valence-corrected chi connectivity index (χ0v) is 19.1. The summed E-state index contributed by atoms with van der Waals surface area (Å²) in [6, 6.07) is 38.5. The van der Waals surface area contributed by atoms with Crippen molar-refractivity contribution in [1.82, 2.24) is 14.1 Å². The van der Waals surface area contributed by atoms with E-state index in [2.05, 4.69) is 51.6 Å². The number of para-hydroxylation sites is 2. The van der Waals surface area contributed by atoms with Crippen molar-refractivity contribution in [2.45, 2.75) is 0 Å². The number of pyridine rings is 1. The molecule has 0 unspecified atom stereocenters. The summed E-state index contributed by atoms with van der Waals surface area (Å²) < 4.78 is 4.31. The highest BCUT2D eigenvalue weighted by atomic mass is 15.1. The SMILES string of the molecule is N#Cc1cccc(-n2c3ccccc3c3nc4c(cc32)c2ccccc2n4-c2cccc(C#N)c2)c1. The molecule has 4 aromatic carbocycles. The van der Waals surface area contributed by atoms with Gasteiger partial charge in [-0.05, 0) is 54.6 Å². The Hall–Kier alpha value is -5.39. The van der Waals surface area contributed by atoms with Crippen molar-refractivity contribution in [3.05, 3.63) is 114 Å². The molecule has 5 nitrogen and oxygen atoms in total. The summed E-state index contributed by atoms with van der Waals surface area (Å²) in [7, 11) is 0. The maximum absolute atomic E-state index is 9.50. The van der Waals surface area contributed by atoms with Crippen LogP contribution < -0.4 is 0 Å². The molecular weight excluding hydrogens is 442 g/mol. The third-order valence-corrected chi connectivity index (χ3v) is 6.74. The van der Waals surface area contributed by atoms with Crippen LogP contribution in [0.25, 0.3) is 55.2 Å². The Morgan fingerprint density at radius 3 is 1.78 bits per heavy atom. The summed E-state index contributed by atoms with van der Waals surface area (Å²) >= 11 is 0. The van der Waals surface area contributed by atoms with Crippen LogP contribution in [-0.4, -0.2) is 14.1 Å². The van der Waals surface area contributed by atoms with E-state index in [-0.39, 0.29) is 0 Å². The van der Waals surface area contributed by atoms with Gasteiger partial charge in [-0.15, -0.1) is 0 Å². The van der Waals surface area contributed by atoms with Crippen molar-refractivity contribution in [2.24, 2.45) is 0 Å². The lowest BCUT2D eigenvalue weighted by atomic mass is 10.1. The van der Waals surface area contributed by atoms with E-state index < -0.39 is 0 Å². The summed E-state index contributed by atoms with van der Waals surface area (Å²) in [6.07, 6.45) is 0. The lowest BCUT2D eigenvalue weighted by Gasteiger charge is -2.09. The molecule has 0 saturated heterocycles. The van der Waals surface area contributed by atoms with Gasteiger partial charge >= 0.3 is 0 Å². The average molecular weight is 460 g/mol. The van der Waals surface area contributed by atoms with Crippen LogP contribution in [-0.2, 0) is 0 Å². The van der Waals surface area contributed by atoms with Gasteiger partial charge in [0.15, 0.2) is 0 Å². The first-order valence-electron chi connectivity index (χ1n) is 11.6. The summed E-state index contributed by atoms with van der Waals surface area (Å²) in [5.74, 6) is 0. The van der Waals surface area contributed by atoms with E-state index in [1.807, 2.05) is 72.8 Å². The highest BCUT2D eigenvalue weighted by molar-refractivity contribution is 6.15. The first-order chi connectivity index (χ1) is 17.8. The second-order valence-electron chi connectivity index (χ2n) is 8.76. The van der Waals surface area contributed by atoms with Gasteiger partial charge in [-0.3, -0.25) is 4.57 Å². The average Bonchev–Trinajstić information content (AvgIpc) is 3.44. The highest BCUT2D eigenvalue weighted by Crippen LogP contribution is 2.37. The Bertz CT molecular complexity index is 1930. The van der Waals surface area contributed by atoms with Crippen molar-refractivity contribution >= 4 is 43.9 Å². The quantitative estimate of drug-likeness (QED) is 0.279. The van der Waals surface area contributed by atoms with Gasteiger partial charge < -0.3 is 4.57 Å². The van der Waals surface area contributed by atoms with Crippen molar-refractivity contribution in [2.75, 3.05) is 0 Å². The van der Waals surface area contributed by atoms with Gasteiger partial charge in [0.1, 0.15) is 5.65 Å². The van der Waals surface area contributed by atoms with E-state index in [0.29, 0.717) is 11.1 Å². The largest absolute Gasteiger partial charge is 0.308 e. The van der Waals surface area contributed by atoms with Crippen molar-refractivity contribution in [1.29, 1.82) is 10.5 Å². The molecule has 5 heteroatoms. The second kappa shape index (κ2) is 7.56. The third-order valence-electron chi connectivity index (χ3n) is 6.74. The zero-order valence-electron chi connectivity index (χ0n) is 19.1. The molecule has 7 aromatic rings. The number of benzene rings is 4. The first kappa shape index (κ1) is 20.0.